The summed E-state index contributed by atoms with van der Waals surface area (Å²) in [5, 5.41) is 14.5. The Bertz CT molecular complexity index is 910. The molecule has 0 spiro atoms. The number of carbonyl (C=O) groups excluding carboxylic acids is 2. The van der Waals surface area contributed by atoms with E-state index in [1.54, 1.807) is 30.0 Å². The maximum Gasteiger partial charge on any atom is 0.490 e. The summed E-state index contributed by atoms with van der Waals surface area (Å²) in [6.07, 6.45) is -3.36. The number of benzene rings is 1. The van der Waals surface area contributed by atoms with Gasteiger partial charge in [0.1, 0.15) is 5.75 Å². The van der Waals surface area contributed by atoms with Crippen LogP contribution in [0.15, 0.2) is 18.2 Å². The summed E-state index contributed by atoms with van der Waals surface area (Å²) in [5.74, 6) is -3.03. The molecule has 1 heterocycles. The molecule has 5 N–H and O–H groups in total. The third kappa shape index (κ3) is 11.4. The van der Waals surface area contributed by atoms with E-state index >= 15 is 0 Å². The van der Waals surface area contributed by atoms with Crippen molar-refractivity contribution in [1.29, 1.82) is 5.41 Å². The number of carbonyl (C=O) groups is 3. The lowest BCUT2D eigenvalue weighted by atomic mass is 9.96. The Kier molecular flexibility index (Phi) is 12.8. The van der Waals surface area contributed by atoms with E-state index in [1.165, 1.54) is 0 Å². The van der Waals surface area contributed by atoms with Gasteiger partial charge in [-0.15, -0.1) is 0 Å². The molecule has 0 atom stereocenters. The number of rotatable bonds is 9. The first-order valence-electron chi connectivity index (χ1n) is 10.8. The minimum absolute atomic E-state index is 0.145. The van der Waals surface area contributed by atoms with Crippen molar-refractivity contribution in [3.8, 4) is 5.75 Å². The minimum atomic E-state index is -5.08. The van der Waals surface area contributed by atoms with Crippen molar-refractivity contribution in [2.24, 2.45) is 11.7 Å². The molecule has 0 saturated carbocycles. The molecular weight excluding hydrogens is 513 g/mol. The van der Waals surface area contributed by atoms with Crippen LogP contribution in [-0.4, -0.2) is 72.9 Å². The van der Waals surface area contributed by atoms with Crippen LogP contribution >= 0.6 is 11.6 Å². The van der Waals surface area contributed by atoms with E-state index in [-0.39, 0.29) is 23.8 Å². The number of piperidine rings is 1. The number of hydroxylamine groups is 1. The lowest BCUT2D eigenvalue weighted by Crippen LogP contribution is -2.40. The maximum atomic E-state index is 12.8. The fourth-order valence-corrected chi connectivity index (χ4v) is 3.21. The minimum Gasteiger partial charge on any atom is -0.493 e. The standard InChI is InChI=1S/C19H27ClN4O5.C2HF3O2/c1-2-27-18(26)13-4-6-24(7-5-13)17(25)14-10-15(20)12-16(11-14)28-8-3-9-29-23-19(21)22;3-2(4,5)1(6)7/h10-13H,2-9H2,1H3,(H4,21,22,23);(H,6,7). The lowest BCUT2D eigenvalue weighted by Gasteiger charge is -2.31. The average Bonchev–Trinajstić information content (AvgIpc) is 2.80. The number of hydrogen-bond acceptors (Lipinski definition) is 7. The summed E-state index contributed by atoms with van der Waals surface area (Å²) in [6, 6.07) is 4.90. The highest BCUT2D eigenvalue weighted by molar-refractivity contribution is 6.31. The molecule has 1 aliphatic heterocycles. The Labute approximate surface area is 210 Å². The Morgan fingerprint density at radius 3 is 2.36 bits per heavy atom. The highest BCUT2D eigenvalue weighted by Crippen LogP contribution is 2.25. The van der Waals surface area contributed by atoms with Crippen LogP contribution in [0, 0.1) is 11.3 Å². The first-order chi connectivity index (χ1) is 16.8. The van der Waals surface area contributed by atoms with Crippen LogP contribution in [0.2, 0.25) is 5.02 Å². The predicted octanol–water partition coefficient (Wildman–Crippen LogP) is 2.57. The Hall–Kier alpha value is -3.26. The number of aliphatic carboxylic acids is 1. The van der Waals surface area contributed by atoms with Crippen LogP contribution < -0.4 is 16.0 Å². The third-order valence-corrected chi connectivity index (χ3v) is 4.82. The molecule has 1 saturated heterocycles. The predicted molar refractivity (Wildman–Crippen MR) is 122 cm³/mol. The van der Waals surface area contributed by atoms with Gasteiger partial charge in [0.05, 0.1) is 25.7 Å². The number of guanidine groups is 1. The normalized spacial score (nSPS) is 13.8. The Morgan fingerprint density at radius 1 is 1.22 bits per heavy atom. The molecule has 1 aromatic carbocycles. The van der Waals surface area contributed by atoms with E-state index in [1.807, 2.05) is 0 Å². The quantitative estimate of drug-likeness (QED) is 0.121. The summed E-state index contributed by atoms with van der Waals surface area (Å²) in [6.45, 7) is 3.78. The summed E-state index contributed by atoms with van der Waals surface area (Å²) in [4.78, 5) is 40.2. The summed E-state index contributed by atoms with van der Waals surface area (Å²) in [5.41, 5.74) is 7.78. The fraction of sp³-hybridized carbons (Fsp3) is 0.524. The van der Waals surface area contributed by atoms with E-state index in [0.29, 0.717) is 68.5 Å². The van der Waals surface area contributed by atoms with Crippen LogP contribution in [0.25, 0.3) is 0 Å². The molecule has 11 nitrogen and oxygen atoms in total. The average molecular weight is 541 g/mol. The SMILES string of the molecule is CCOC(=O)C1CCN(C(=O)c2cc(Cl)cc(OCCCONC(=N)N)c2)CC1.O=C(O)C(F)(F)F. The number of nitrogens with zero attached hydrogens (tertiary/aromatic N) is 1. The summed E-state index contributed by atoms with van der Waals surface area (Å²) < 4.78 is 42.4. The zero-order valence-electron chi connectivity index (χ0n) is 19.4. The smallest absolute Gasteiger partial charge is 0.490 e. The van der Waals surface area contributed by atoms with Gasteiger partial charge < -0.3 is 25.2 Å². The van der Waals surface area contributed by atoms with Crippen molar-refractivity contribution >= 4 is 35.4 Å². The molecule has 1 amide bonds. The monoisotopic (exact) mass is 540 g/mol. The van der Waals surface area contributed by atoms with Crippen LogP contribution in [0.5, 0.6) is 5.75 Å². The summed E-state index contributed by atoms with van der Waals surface area (Å²) in [7, 11) is 0. The second-order valence-electron chi connectivity index (χ2n) is 7.36. The number of nitrogens with two attached hydrogens (primary N) is 1. The van der Waals surface area contributed by atoms with Crippen LogP contribution in [0.3, 0.4) is 0 Å². The van der Waals surface area contributed by atoms with Crippen LogP contribution in [0.4, 0.5) is 13.2 Å². The zero-order chi connectivity index (χ0) is 27.3. The molecule has 2 rings (SSSR count). The zero-order valence-corrected chi connectivity index (χ0v) is 20.2. The number of carboxylic acids is 1. The van der Waals surface area contributed by atoms with Crippen molar-refractivity contribution in [3.63, 3.8) is 0 Å². The number of alkyl halides is 3. The van der Waals surface area contributed by atoms with Gasteiger partial charge in [-0.05, 0) is 38.0 Å². The Balaban J connectivity index is 0.000000809. The van der Waals surface area contributed by atoms with Crippen molar-refractivity contribution in [1.82, 2.24) is 10.4 Å². The molecule has 1 aromatic rings. The Morgan fingerprint density at radius 2 is 1.83 bits per heavy atom. The van der Waals surface area contributed by atoms with Gasteiger partial charge in [-0.1, -0.05) is 11.6 Å². The molecule has 15 heteroatoms. The molecule has 36 heavy (non-hydrogen) atoms. The van der Waals surface area contributed by atoms with E-state index < -0.39 is 12.1 Å². The number of amides is 1. The van der Waals surface area contributed by atoms with Gasteiger partial charge in [-0.2, -0.15) is 13.2 Å². The molecule has 0 bridgehead atoms. The van der Waals surface area contributed by atoms with Crippen LogP contribution in [0.1, 0.15) is 36.5 Å². The topological polar surface area (TPSA) is 164 Å². The molecule has 0 unspecified atom stereocenters. The molecule has 0 aromatic heterocycles. The van der Waals surface area contributed by atoms with Gasteiger partial charge in [0.25, 0.3) is 5.91 Å². The molecular formula is C21H28ClF3N4O7. The summed E-state index contributed by atoms with van der Waals surface area (Å²) >= 11 is 6.15. The number of ether oxygens (including phenoxy) is 2. The van der Waals surface area contributed by atoms with Crippen molar-refractivity contribution in [2.75, 3.05) is 32.9 Å². The van der Waals surface area contributed by atoms with Crippen molar-refractivity contribution in [2.45, 2.75) is 32.4 Å². The molecule has 1 aliphatic rings. The van der Waals surface area contributed by atoms with E-state index in [4.69, 9.17) is 47.0 Å². The number of esters is 1. The van der Waals surface area contributed by atoms with Gasteiger partial charge in [-0.25, -0.2) is 10.3 Å². The number of carboxylic acid groups (broad SMARTS) is 1. The highest BCUT2D eigenvalue weighted by atomic mass is 35.5. The van der Waals surface area contributed by atoms with E-state index in [2.05, 4.69) is 5.48 Å². The lowest BCUT2D eigenvalue weighted by molar-refractivity contribution is -0.192. The molecule has 202 valence electrons. The van der Waals surface area contributed by atoms with Gasteiger partial charge in [0, 0.05) is 30.1 Å². The van der Waals surface area contributed by atoms with Gasteiger partial charge >= 0.3 is 18.1 Å². The molecule has 0 radical (unpaired) electrons. The fourth-order valence-electron chi connectivity index (χ4n) is 2.98. The number of hydrogen-bond donors (Lipinski definition) is 4. The maximum absolute atomic E-state index is 12.8. The molecule has 1 fully saturated rings. The first kappa shape index (κ1) is 30.8. The first-order valence-corrected chi connectivity index (χ1v) is 11.1. The second kappa shape index (κ2) is 15.0. The number of nitrogens with one attached hydrogen (secondary N) is 2. The van der Waals surface area contributed by atoms with Gasteiger partial charge in [0.2, 0.25) is 5.96 Å². The number of halogens is 4. The van der Waals surface area contributed by atoms with Gasteiger partial charge in [-0.3, -0.25) is 19.8 Å². The van der Waals surface area contributed by atoms with Crippen LogP contribution in [-0.2, 0) is 19.2 Å². The molecule has 0 aliphatic carbocycles. The van der Waals surface area contributed by atoms with Gasteiger partial charge in [0.15, 0.2) is 0 Å². The second-order valence-corrected chi connectivity index (χ2v) is 7.80. The highest BCUT2D eigenvalue weighted by Gasteiger charge is 2.38. The third-order valence-electron chi connectivity index (χ3n) is 4.60. The largest absolute Gasteiger partial charge is 0.493 e. The van der Waals surface area contributed by atoms with Crippen molar-refractivity contribution in [3.05, 3.63) is 28.8 Å². The van der Waals surface area contributed by atoms with E-state index in [9.17, 15) is 22.8 Å². The van der Waals surface area contributed by atoms with Crippen molar-refractivity contribution < 1.29 is 47.0 Å². The number of likely N-dealkylation sites (tertiary alicyclic amines) is 1. The van der Waals surface area contributed by atoms with E-state index in [0.717, 1.165) is 0 Å².